The van der Waals surface area contributed by atoms with Crippen molar-refractivity contribution in [2.45, 2.75) is 25.8 Å². The first-order valence-electron chi connectivity index (χ1n) is 5.81. The Kier molecular flexibility index (Phi) is 5.88. The van der Waals surface area contributed by atoms with E-state index in [1.54, 1.807) is 6.92 Å². The van der Waals surface area contributed by atoms with Crippen LogP contribution in [-0.2, 0) is 4.74 Å². The fraction of sp³-hybridized carbons (Fsp3) is 0.385. The molecule has 0 aromatic heterocycles. The second-order valence-corrected chi connectivity index (χ2v) is 4.44. The predicted octanol–water partition coefficient (Wildman–Crippen LogP) is 3.27. The molecule has 1 aromatic carbocycles. The maximum Gasteiger partial charge on any atom is 0.387 e. The summed E-state index contributed by atoms with van der Waals surface area (Å²) < 4.78 is 33.3. The van der Waals surface area contributed by atoms with Gasteiger partial charge in [-0.05, 0) is 32.0 Å². The van der Waals surface area contributed by atoms with E-state index in [1.807, 2.05) is 0 Å². The number of Topliss-reactive ketones (excluding diaryl/α,β-unsaturated/α-hetero) is 1. The number of alkyl halides is 3. The summed E-state index contributed by atoms with van der Waals surface area (Å²) >= 11 is 5.69. The number of hydrogen-bond donors (Lipinski definition) is 0. The van der Waals surface area contributed by atoms with E-state index in [0.717, 1.165) is 6.07 Å². The van der Waals surface area contributed by atoms with Crippen LogP contribution in [-0.4, -0.2) is 30.3 Å². The third kappa shape index (κ3) is 4.16. The van der Waals surface area contributed by atoms with Crippen molar-refractivity contribution < 1.29 is 27.8 Å². The molecule has 0 saturated heterocycles. The Balaban J connectivity index is 3.23. The van der Waals surface area contributed by atoms with E-state index in [9.17, 15) is 18.4 Å². The van der Waals surface area contributed by atoms with Crippen molar-refractivity contribution in [1.82, 2.24) is 0 Å². The van der Waals surface area contributed by atoms with Crippen molar-refractivity contribution in [2.75, 3.05) is 6.61 Å². The zero-order chi connectivity index (χ0) is 15.3. The van der Waals surface area contributed by atoms with E-state index in [2.05, 4.69) is 4.74 Å². The minimum absolute atomic E-state index is 0.00701. The van der Waals surface area contributed by atoms with Gasteiger partial charge in [-0.25, -0.2) is 4.79 Å². The van der Waals surface area contributed by atoms with Gasteiger partial charge in [-0.2, -0.15) is 8.78 Å². The number of esters is 1. The van der Waals surface area contributed by atoms with Crippen molar-refractivity contribution in [2.24, 2.45) is 0 Å². The topological polar surface area (TPSA) is 52.6 Å². The molecule has 1 atom stereocenters. The molecule has 0 heterocycles. The largest absolute Gasteiger partial charge is 0.462 e. The molecule has 20 heavy (non-hydrogen) atoms. The highest BCUT2D eigenvalue weighted by molar-refractivity contribution is 6.34. The van der Waals surface area contributed by atoms with Crippen LogP contribution in [0, 0.1) is 0 Å². The molecule has 1 aromatic rings. The van der Waals surface area contributed by atoms with Crippen molar-refractivity contribution >= 4 is 23.4 Å². The molecular weight excluding hydrogens is 294 g/mol. The van der Waals surface area contributed by atoms with Crippen molar-refractivity contribution in [3.63, 3.8) is 0 Å². The lowest BCUT2D eigenvalue weighted by atomic mass is 10.0. The predicted molar refractivity (Wildman–Crippen MR) is 68.7 cm³/mol. The Labute approximate surface area is 119 Å². The monoisotopic (exact) mass is 306 g/mol. The molecule has 0 aliphatic carbocycles. The summed E-state index contributed by atoms with van der Waals surface area (Å²) in [5.74, 6) is -1.53. The summed E-state index contributed by atoms with van der Waals surface area (Å²) in [5.41, 5.74) is -0.143. The van der Waals surface area contributed by atoms with Crippen LogP contribution in [0.15, 0.2) is 18.2 Å². The molecular formula is C13H13ClF2O4. The fourth-order valence-electron chi connectivity index (χ4n) is 1.51. The molecule has 0 bridgehead atoms. The number of carbonyl (C=O) groups is 2. The van der Waals surface area contributed by atoms with Gasteiger partial charge in [0.25, 0.3) is 0 Å². The molecule has 7 heteroatoms. The van der Waals surface area contributed by atoms with E-state index < -0.39 is 23.7 Å². The normalized spacial score (nSPS) is 12.1. The zero-order valence-electron chi connectivity index (χ0n) is 10.9. The Morgan fingerprint density at radius 1 is 1.30 bits per heavy atom. The SMILES string of the molecule is CCOC(=O)c1cc(OC(F)F)ccc1C(=O)C(C)Cl. The lowest BCUT2D eigenvalue weighted by Gasteiger charge is -2.11. The number of ether oxygens (including phenoxy) is 2. The molecule has 0 saturated carbocycles. The molecule has 0 spiro atoms. The summed E-state index contributed by atoms with van der Waals surface area (Å²) in [4.78, 5) is 23.6. The van der Waals surface area contributed by atoms with Gasteiger partial charge >= 0.3 is 12.6 Å². The first-order chi connectivity index (χ1) is 9.36. The number of ketones is 1. The highest BCUT2D eigenvalue weighted by atomic mass is 35.5. The van der Waals surface area contributed by atoms with Gasteiger partial charge in [0.2, 0.25) is 0 Å². The summed E-state index contributed by atoms with van der Waals surface area (Å²) in [6.45, 7) is 0.0902. The number of carbonyl (C=O) groups excluding carboxylic acids is 2. The molecule has 0 aliphatic heterocycles. The fourth-order valence-corrected chi connectivity index (χ4v) is 1.62. The van der Waals surface area contributed by atoms with Crippen molar-refractivity contribution in [3.8, 4) is 5.75 Å². The van der Waals surface area contributed by atoms with Crippen LogP contribution in [0.2, 0.25) is 0 Å². The first kappa shape index (κ1) is 16.4. The Bertz CT molecular complexity index is 503. The standard InChI is InChI=1S/C13H13ClF2O4/c1-3-19-12(18)10-6-8(20-13(15)16)4-5-9(10)11(17)7(2)14/h4-7,13H,3H2,1-2H3. The van der Waals surface area contributed by atoms with Crippen LogP contribution in [0.4, 0.5) is 8.78 Å². The van der Waals surface area contributed by atoms with Gasteiger partial charge in [-0.3, -0.25) is 4.79 Å². The van der Waals surface area contributed by atoms with E-state index in [-0.39, 0.29) is 23.5 Å². The van der Waals surface area contributed by atoms with Crippen molar-refractivity contribution in [3.05, 3.63) is 29.3 Å². The molecule has 1 rings (SSSR count). The number of benzene rings is 1. The van der Waals surface area contributed by atoms with Crippen LogP contribution in [0.1, 0.15) is 34.6 Å². The van der Waals surface area contributed by atoms with E-state index >= 15 is 0 Å². The Morgan fingerprint density at radius 3 is 2.45 bits per heavy atom. The highest BCUT2D eigenvalue weighted by Gasteiger charge is 2.22. The maximum absolute atomic E-state index is 12.2. The molecule has 0 amide bonds. The molecule has 0 radical (unpaired) electrons. The van der Waals surface area contributed by atoms with Gasteiger partial charge in [0.05, 0.1) is 17.5 Å². The number of rotatable bonds is 6. The summed E-state index contributed by atoms with van der Waals surface area (Å²) in [6.07, 6.45) is 0. The van der Waals surface area contributed by atoms with E-state index in [4.69, 9.17) is 16.3 Å². The van der Waals surface area contributed by atoms with Crippen LogP contribution in [0.25, 0.3) is 0 Å². The van der Waals surface area contributed by atoms with Gasteiger partial charge in [-0.1, -0.05) is 0 Å². The van der Waals surface area contributed by atoms with Crippen LogP contribution in [0.3, 0.4) is 0 Å². The second kappa shape index (κ2) is 7.19. The van der Waals surface area contributed by atoms with Crippen LogP contribution >= 0.6 is 11.6 Å². The van der Waals surface area contributed by atoms with Gasteiger partial charge in [0.1, 0.15) is 5.75 Å². The number of halogens is 3. The first-order valence-corrected chi connectivity index (χ1v) is 6.24. The Morgan fingerprint density at radius 2 is 1.95 bits per heavy atom. The second-order valence-electron chi connectivity index (χ2n) is 3.79. The Hall–Kier alpha value is -1.69. The van der Waals surface area contributed by atoms with E-state index in [0.29, 0.717) is 0 Å². The highest BCUT2D eigenvalue weighted by Crippen LogP contribution is 2.22. The van der Waals surface area contributed by atoms with Gasteiger partial charge < -0.3 is 9.47 Å². The maximum atomic E-state index is 12.2. The molecule has 0 N–H and O–H groups in total. The zero-order valence-corrected chi connectivity index (χ0v) is 11.6. The van der Waals surface area contributed by atoms with Crippen LogP contribution in [0.5, 0.6) is 5.75 Å². The van der Waals surface area contributed by atoms with E-state index in [1.165, 1.54) is 19.1 Å². The minimum Gasteiger partial charge on any atom is -0.462 e. The van der Waals surface area contributed by atoms with Gasteiger partial charge in [0.15, 0.2) is 5.78 Å². The third-order valence-corrected chi connectivity index (χ3v) is 2.54. The molecule has 1 unspecified atom stereocenters. The molecule has 0 aliphatic rings. The average molecular weight is 307 g/mol. The lowest BCUT2D eigenvalue weighted by molar-refractivity contribution is -0.0499. The molecule has 110 valence electrons. The molecule has 0 fully saturated rings. The summed E-state index contributed by atoms with van der Waals surface area (Å²) in [6, 6.07) is 3.42. The minimum atomic E-state index is -3.03. The summed E-state index contributed by atoms with van der Waals surface area (Å²) in [5, 5.41) is -0.856. The van der Waals surface area contributed by atoms with Gasteiger partial charge in [0, 0.05) is 5.56 Å². The number of hydrogen-bond acceptors (Lipinski definition) is 4. The van der Waals surface area contributed by atoms with Gasteiger partial charge in [-0.15, -0.1) is 11.6 Å². The lowest BCUT2D eigenvalue weighted by Crippen LogP contribution is -2.17. The van der Waals surface area contributed by atoms with Crippen LogP contribution < -0.4 is 4.74 Å². The smallest absolute Gasteiger partial charge is 0.387 e. The third-order valence-electron chi connectivity index (χ3n) is 2.34. The quantitative estimate of drug-likeness (QED) is 0.460. The van der Waals surface area contributed by atoms with Crippen molar-refractivity contribution in [1.29, 1.82) is 0 Å². The summed E-state index contributed by atoms with van der Waals surface area (Å²) in [7, 11) is 0. The average Bonchev–Trinajstić information content (AvgIpc) is 2.37. The molecule has 4 nitrogen and oxygen atoms in total.